The van der Waals surface area contributed by atoms with Gasteiger partial charge in [0.25, 0.3) is 11.8 Å². The number of anilines is 1. The summed E-state index contributed by atoms with van der Waals surface area (Å²) >= 11 is 0. The zero-order valence-corrected chi connectivity index (χ0v) is 15.1. The number of imide groups is 2. The molecule has 4 rings (SSSR count). The summed E-state index contributed by atoms with van der Waals surface area (Å²) in [7, 11) is 1.71. The highest BCUT2D eigenvalue weighted by Gasteiger charge is 2.44. The molecule has 0 aliphatic carbocycles. The largest absolute Gasteiger partial charge is 0.381 e. The molecule has 3 aliphatic rings. The number of rotatable bonds is 3. The van der Waals surface area contributed by atoms with Gasteiger partial charge in [0.05, 0.1) is 17.2 Å². The van der Waals surface area contributed by atoms with E-state index in [1.807, 2.05) is 6.07 Å². The Morgan fingerprint density at radius 1 is 1.00 bits per heavy atom. The van der Waals surface area contributed by atoms with Gasteiger partial charge in [-0.15, -0.1) is 0 Å². The molecular weight excluding hydrogens is 350 g/mol. The SMILES string of the molecule is COC1CCN(c2ccc3c(c2)C(=O)N(C2CCC(=O)NC2=O)C3=O)CC1. The van der Waals surface area contributed by atoms with Crippen molar-refractivity contribution < 1.29 is 23.9 Å². The Labute approximate surface area is 156 Å². The number of methoxy groups -OCH3 is 1. The first kappa shape index (κ1) is 17.7. The van der Waals surface area contributed by atoms with Crippen LogP contribution in [-0.4, -0.2) is 60.9 Å². The Balaban J connectivity index is 1.57. The molecule has 8 nitrogen and oxygen atoms in total. The third-order valence-electron chi connectivity index (χ3n) is 5.56. The van der Waals surface area contributed by atoms with E-state index in [0.29, 0.717) is 11.1 Å². The molecule has 1 atom stereocenters. The Kier molecular flexibility index (Phi) is 4.43. The first-order valence-corrected chi connectivity index (χ1v) is 9.13. The lowest BCUT2D eigenvalue weighted by atomic mass is 10.0. The van der Waals surface area contributed by atoms with Gasteiger partial charge in [-0.3, -0.25) is 29.4 Å². The van der Waals surface area contributed by atoms with E-state index in [4.69, 9.17) is 4.74 Å². The zero-order chi connectivity index (χ0) is 19.1. The van der Waals surface area contributed by atoms with Crippen LogP contribution in [0.25, 0.3) is 0 Å². The minimum atomic E-state index is -0.934. The molecule has 1 N–H and O–H groups in total. The second-order valence-corrected chi connectivity index (χ2v) is 7.10. The first-order valence-electron chi connectivity index (χ1n) is 9.13. The molecule has 8 heteroatoms. The van der Waals surface area contributed by atoms with E-state index in [1.54, 1.807) is 19.2 Å². The molecule has 0 bridgehead atoms. The highest BCUT2D eigenvalue weighted by Crippen LogP contribution is 2.31. The Morgan fingerprint density at radius 2 is 1.70 bits per heavy atom. The van der Waals surface area contributed by atoms with E-state index in [1.165, 1.54) is 0 Å². The van der Waals surface area contributed by atoms with Crippen molar-refractivity contribution in [3.05, 3.63) is 29.3 Å². The zero-order valence-electron chi connectivity index (χ0n) is 15.1. The van der Waals surface area contributed by atoms with Crippen LogP contribution in [0.5, 0.6) is 0 Å². The molecule has 2 saturated heterocycles. The summed E-state index contributed by atoms with van der Waals surface area (Å²) in [5, 5.41) is 2.20. The monoisotopic (exact) mass is 371 g/mol. The lowest BCUT2D eigenvalue weighted by Gasteiger charge is -2.33. The maximum Gasteiger partial charge on any atom is 0.262 e. The van der Waals surface area contributed by atoms with Crippen LogP contribution in [0.2, 0.25) is 0 Å². The minimum absolute atomic E-state index is 0.115. The van der Waals surface area contributed by atoms with E-state index in [-0.39, 0.29) is 24.9 Å². The van der Waals surface area contributed by atoms with Crippen molar-refractivity contribution >= 4 is 29.3 Å². The third kappa shape index (κ3) is 2.99. The molecule has 0 spiro atoms. The maximum absolute atomic E-state index is 12.9. The summed E-state index contributed by atoms with van der Waals surface area (Å²) in [6.07, 6.45) is 2.34. The summed E-state index contributed by atoms with van der Waals surface area (Å²) in [5.74, 6) is -1.93. The van der Waals surface area contributed by atoms with Crippen LogP contribution >= 0.6 is 0 Å². The average Bonchev–Trinajstić information content (AvgIpc) is 2.92. The molecule has 27 heavy (non-hydrogen) atoms. The van der Waals surface area contributed by atoms with E-state index in [2.05, 4.69) is 10.2 Å². The molecule has 142 valence electrons. The van der Waals surface area contributed by atoms with Crippen molar-refractivity contribution in [1.82, 2.24) is 10.2 Å². The summed E-state index contributed by atoms with van der Waals surface area (Å²) in [6.45, 7) is 1.63. The highest BCUT2D eigenvalue weighted by molar-refractivity contribution is 6.23. The number of nitrogens with one attached hydrogen (secondary N) is 1. The van der Waals surface area contributed by atoms with Gasteiger partial charge < -0.3 is 9.64 Å². The van der Waals surface area contributed by atoms with Gasteiger partial charge in [0, 0.05) is 32.3 Å². The Bertz CT molecular complexity index is 829. The molecule has 1 unspecified atom stereocenters. The van der Waals surface area contributed by atoms with Crippen LogP contribution in [0.4, 0.5) is 5.69 Å². The minimum Gasteiger partial charge on any atom is -0.381 e. The van der Waals surface area contributed by atoms with E-state index < -0.39 is 23.8 Å². The fraction of sp³-hybridized carbons (Fsp3) is 0.474. The van der Waals surface area contributed by atoms with Gasteiger partial charge in [0.1, 0.15) is 6.04 Å². The second kappa shape index (κ2) is 6.77. The predicted octanol–water partition coefficient (Wildman–Crippen LogP) is 0.703. The fourth-order valence-corrected chi connectivity index (χ4v) is 4.01. The maximum atomic E-state index is 12.9. The van der Waals surface area contributed by atoms with Gasteiger partial charge in [-0.25, -0.2) is 0 Å². The Morgan fingerprint density at radius 3 is 2.37 bits per heavy atom. The number of ether oxygens (including phenoxy) is 1. The van der Waals surface area contributed by atoms with Crippen LogP contribution in [0.3, 0.4) is 0 Å². The van der Waals surface area contributed by atoms with Crippen molar-refractivity contribution in [3.63, 3.8) is 0 Å². The number of fused-ring (bicyclic) bond motifs is 1. The highest BCUT2D eigenvalue weighted by atomic mass is 16.5. The topological polar surface area (TPSA) is 96.0 Å². The molecule has 2 fully saturated rings. The summed E-state index contributed by atoms with van der Waals surface area (Å²) in [6, 6.07) is 4.29. The number of hydrogen-bond donors (Lipinski definition) is 1. The van der Waals surface area contributed by atoms with Crippen molar-refractivity contribution in [3.8, 4) is 0 Å². The second-order valence-electron chi connectivity index (χ2n) is 7.10. The summed E-state index contributed by atoms with van der Waals surface area (Å²) in [4.78, 5) is 52.2. The lowest BCUT2D eigenvalue weighted by molar-refractivity contribution is -0.136. The fourth-order valence-electron chi connectivity index (χ4n) is 4.01. The van der Waals surface area contributed by atoms with Gasteiger partial charge in [-0.2, -0.15) is 0 Å². The molecule has 4 amide bonds. The molecule has 0 saturated carbocycles. The molecule has 1 aromatic rings. The molecule has 3 heterocycles. The van der Waals surface area contributed by atoms with Crippen LogP contribution in [0.1, 0.15) is 46.4 Å². The number of hydrogen-bond acceptors (Lipinski definition) is 6. The van der Waals surface area contributed by atoms with Crippen molar-refractivity contribution in [1.29, 1.82) is 0 Å². The standard InChI is InChI=1S/C19H21N3O5/c1-27-12-6-8-21(9-7-12)11-2-3-13-14(10-11)19(26)22(18(13)25)15-4-5-16(23)20-17(15)24/h2-3,10,12,15H,4-9H2,1H3,(H,20,23,24). The van der Waals surface area contributed by atoms with Crippen LogP contribution in [-0.2, 0) is 14.3 Å². The van der Waals surface area contributed by atoms with Crippen molar-refractivity contribution in [2.75, 3.05) is 25.1 Å². The van der Waals surface area contributed by atoms with E-state index >= 15 is 0 Å². The normalized spacial score (nSPS) is 23.7. The number of benzene rings is 1. The molecular formula is C19H21N3O5. The van der Waals surface area contributed by atoms with Gasteiger partial charge >= 0.3 is 0 Å². The summed E-state index contributed by atoms with van der Waals surface area (Å²) < 4.78 is 5.39. The van der Waals surface area contributed by atoms with E-state index in [0.717, 1.165) is 36.5 Å². The van der Waals surface area contributed by atoms with Crippen LogP contribution in [0, 0.1) is 0 Å². The smallest absolute Gasteiger partial charge is 0.262 e. The predicted molar refractivity (Wildman–Crippen MR) is 95.4 cm³/mol. The molecule has 1 aromatic carbocycles. The number of carbonyl (C=O) groups excluding carboxylic acids is 4. The number of nitrogens with zero attached hydrogens (tertiary/aromatic N) is 2. The molecule has 3 aliphatic heterocycles. The molecule has 0 radical (unpaired) electrons. The summed E-state index contributed by atoms with van der Waals surface area (Å²) in [5.41, 5.74) is 1.51. The quantitative estimate of drug-likeness (QED) is 0.786. The van der Waals surface area contributed by atoms with Gasteiger partial charge in [0.15, 0.2) is 0 Å². The van der Waals surface area contributed by atoms with E-state index in [9.17, 15) is 19.2 Å². The number of piperidine rings is 2. The molecule has 0 aromatic heterocycles. The average molecular weight is 371 g/mol. The van der Waals surface area contributed by atoms with Crippen LogP contribution < -0.4 is 10.2 Å². The van der Waals surface area contributed by atoms with Crippen molar-refractivity contribution in [2.24, 2.45) is 0 Å². The van der Waals surface area contributed by atoms with Gasteiger partial charge in [0.2, 0.25) is 11.8 Å². The van der Waals surface area contributed by atoms with Gasteiger partial charge in [-0.1, -0.05) is 0 Å². The van der Waals surface area contributed by atoms with Crippen molar-refractivity contribution in [2.45, 2.75) is 37.8 Å². The van der Waals surface area contributed by atoms with Gasteiger partial charge in [-0.05, 0) is 37.5 Å². The number of carbonyl (C=O) groups is 4. The Hall–Kier alpha value is -2.74. The third-order valence-corrected chi connectivity index (χ3v) is 5.56. The lowest BCUT2D eigenvalue weighted by Crippen LogP contribution is -2.54. The van der Waals surface area contributed by atoms with Crippen LogP contribution in [0.15, 0.2) is 18.2 Å². The number of amides is 4. The first-order chi connectivity index (χ1) is 13.0.